The molecule has 0 atom stereocenters. The van der Waals surface area contributed by atoms with Gasteiger partial charge in [-0.2, -0.15) is 0 Å². The Morgan fingerprint density at radius 2 is 1.38 bits per heavy atom. The fraction of sp³-hybridized carbons (Fsp3) is 0. The average Bonchev–Trinajstić information content (AvgIpc) is 3.18. The smallest absolute Gasteiger partial charge is 0.138 e. The van der Waals surface area contributed by atoms with E-state index in [1.54, 1.807) is 12.4 Å². The van der Waals surface area contributed by atoms with Gasteiger partial charge in [-0.05, 0) is 82.8 Å². The molecule has 6 rings (SSSR count). The Bertz CT molecular complexity index is 1520. The first-order chi connectivity index (χ1) is 15.8. The molecule has 0 unspecified atom stereocenters. The molecule has 4 aromatic heterocycles. The number of pyridine rings is 3. The van der Waals surface area contributed by atoms with E-state index in [0.717, 1.165) is 39.2 Å². The molecule has 4 heterocycles. The van der Waals surface area contributed by atoms with Gasteiger partial charge in [0.25, 0.3) is 0 Å². The molecule has 0 fully saturated rings. The average molecular weight is 524 g/mol. The lowest BCUT2D eigenvalue weighted by atomic mass is 10.1. The van der Waals surface area contributed by atoms with Gasteiger partial charge in [0.2, 0.25) is 0 Å². The minimum atomic E-state index is 0.873. The summed E-state index contributed by atoms with van der Waals surface area (Å²) in [7, 11) is 0. The molecule has 0 N–H and O–H groups in total. The largest absolute Gasteiger partial charge is 0.294 e. The van der Waals surface area contributed by atoms with E-state index in [9.17, 15) is 0 Å². The van der Waals surface area contributed by atoms with Crippen LogP contribution in [0.4, 0.5) is 0 Å². The number of benzene rings is 2. The van der Waals surface area contributed by atoms with E-state index >= 15 is 0 Å². The summed E-state index contributed by atoms with van der Waals surface area (Å²) < 4.78 is 3.46. The first-order valence-corrected chi connectivity index (χ1v) is 11.4. The van der Waals surface area contributed by atoms with Gasteiger partial charge < -0.3 is 0 Å². The molecule has 0 saturated heterocycles. The Morgan fingerprint density at radius 1 is 0.625 bits per heavy atom. The Kier molecular flexibility index (Phi) is 4.69. The maximum Gasteiger partial charge on any atom is 0.138 e. The third-order valence-electron chi connectivity index (χ3n) is 5.63. The first-order valence-electron chi connectivity index (χ1n) is 10.3. The standard InChI is InChI=1S/C27H17IN4/c28-21-9-10-26-23(15-21)22-7-1-2-8-25(22)32(26)27-14-20(18-5-3-11-29-16-18)13-24(31-27)19-6-4-12-30-17-19/h1-17H. The fourth-order valence-electron chi connectivity index (χ4n) is 4.18. The predicted molar refractivity (Wildman–Crippen MR) is 138 cm³/mol. The van der Waals surface area contributed by atoms with Crippen molar-refractivity contribution in [3.63, 3.8) is 0 Å². The SMILES string of the molecule is Ic1ccc2c(c1)c1ccccc1n2-c1cc(-c2cccnc2)cc(-c2cccnc2)n1. The van der Waals surface area contributed by atoms with Crippen molar-refractivity contribution in [1.82, 2.24) is 19.5 Å². The molecule has 152 valence electrons. The zero-order valence-corrected chi connectivity index (χ0v) is 19.1. The monoisotopic (exact) mass is 524 g/mol. The van der Waals surface area contributed by atoms with Crippen LogP contribution in [0.15, 0.2) is 104 Å². The van der Waals surface area contributed by atoms with Gasteiger partial charge in [-0.25, -0.2) is 4.98 Å². The first kappa shape index (κ1) is 19.1. The van der Waals surface area contributed by atoms with Crippen LogP contribution in [0, 0.1) is 3.57 Å². The number of nitrogens with zero attached hydrogens (tertiary/aromatic N) is 4. The number of hydrogen-bond acceptors (Lipinski definition) is 3. The summed E-state index contributed by atoms with van der Waals surface area (Å²) in [6.07, 6.45) is 7.32. The minimum absolute atomic E-state index is 0.873. The van der Waals surface area contributed by atoms with Crippen LogP contribution in [0.2, 0.25) is 0 Å². The van der Waals surface area contributed by atoms with Crippen LogP contribution in [0.5, 0.6) is 0 Å². The third-order valence-corrected chi connectivity index (χ3v) is 6.30. The summed E-state index contributed by atoms with van der Waals surface area (Å²) in [5.74, 6) is 0.873. The highest BCUT2D eigenvalue weighted by Gasteiger charge is 2.15. The lowest BCUT2D eigenvalue weighted by molar-refractivity contribution is 1.08. The van der Waals surface area contributed by atoms with Crippen LogP contribution >= 0.6 is 22.6 Å². The van der Waals surface area contributed by atoms with Crippen molar-refractivity contribution in [1.29, 1.82) is 0 Å². The third kappa shape index (κ3) is 3.26. The highest BCUT2D eigenvalue weighted by Crippen LogP contribution is 2.34. The zero-order chi connectivity index (χ0) is 21.5. The summed E-state index contributed by atoms with van der Waals surface area (Å²) >= 11 is 2.37. The molecular formula is C27H17IN4. The number of aromatic nitrogens is 4. The summed E-state index contributed by atoms with van der Waals surface area (Å²) in [4.78, 5) is 13.7. The van der Waals surface area contributed by atoms with Crippen molar-refractivity contribution in [2.45, 2.75) is 0 Å². The number of fused-ring (bicyclic) bond motifs is 3. The second-order valence-electron chi connectivity index (χ2n) is 7.60. The summed E-state index contributed by atoms with van der Waals surface area (Å²) in [6, 6.07) is 27.3. The van der Waals surface area contributed by atoms with Crippen molar-refractivity contribution in [2.24, 2.45) is 0 Å². The van der Waals surface area contributed by atoms with Crippen molar-refractivity contribution in [3.8, 4) is 28.2 Å². The summed E-state index contributed by atoms with van der Waals surface area (Å²) in [5.41, 5.74) is 6.26. The molecule has 5 heteroatoms. The van der Waals surface area contributed by atoms with E-state index in [0.29, 0.717) is 0 Å². The van der Waals surface area contributed by atoms with Gasteiger partial charge >= 0.3 is 0 Å². The second kappa shape index (κ2) is 7.84. The summed E-state index contributed by atoms with van der Waals surface area (Å²) in [6.45, 7) is 0. The number of halogens is 1. The molecule has 0 spiro atoms. The Balaban J connectivity index is 1.70. The Hall–Kier alpha value is -3.58. The minimum Gasteiger partial charge on any atom is -0.294 e. The topological polar surface area (TPSA) is 43.6 Å². The van der Waals surface area contributed by atoms with E-state index < -0.39 is 0 Å². The molecular weight excluding hydrogens is 507 g/mol. The van der Waals surface area contributed by atoms with Crippen LogP contribution in [0.25, 0.3) is 50.0 Å². The van der Waals surface area contributed by atoms with Crippen LogP contribution in [0.1, 0.15) is 0 Å². The molecule has 4 nitrogen and oxygen atoms in total. The van der Waals surface area contributed by atoms with Crippen LogP contribution in [-0.4, -0.2) is 19.5 Å². The van der Waals surface area contributed by atoms with Gasteiger partial charge in [0.05, 0.1) is 16.7 Å². The quantitative estimate of drug-likeness (QED) is 0.237. The fourth-order valence-corrected chi connectivity index (χ4v) is 4.68. The van der Waals surface area contributed by atoms with Gasteiger partial charge in [0, 0.05) is 50.3 Å². The van der Waals surface area contributed by atoms with Crippen molar-refractivity contribution >= 4 is 44.4 Å². The number of hydrogen-bond donors (Lipinski definition) is 0. The van der Waals surface area contributed by atoms with Gasteiger partial charge in [-0.15, -0.1) is 0 Å². The van der Waals surface area contributed by atoms with E-state index in [2.05, 4.69) is 97.8 Å². The molecule has 0 saturated carbocycles. The lowest BCUT2D eigenvalue weighted by Gasteiger charge is -2.12. The van der Waals surface area contributed by atoms with Crippen LogP contribution in [0.3, 0.4) is 0 Å². The lowest BCUT2D eigenvalue weighted by Crippen LogP contribution is -2.00. The molecule has 6 aromatic rings. The molecule has 2 aromatic carbocycles. The molecule has 32 heavy (non-hydrogen) atoms. The molecule has 0 radical (unpaired) electrons. The van der Waals surface area contributed by atoms with Crippen LogP contribution in [-0.2, 0) is 0 Å². The van der Waals surface area contributed by atoms with E-state index in [-0.39, 0.29) is 0 Å². The van der Waals surface area contributed by atoms with E-state index in [1.807, 2.05) is 30.6 Å². The molecule has 0 aliphatic rings. The van der Waals surface area contributed by atoms with Crippen molar-refractivity contribution in [3.05, 3.63) is 107 Å². The zero-order valence-electron chi connectivity index (χ0n) is 17.0. The highest BCUT2D eigenvalue weighted by molar-refractivity contribution is 14.1. The number of para-hydroxylation sites is 1. The Morgan fingerprint density at radius 3 is 2.16 bits per heavy atom. The second-order valence-corrected chi connectivity index (χ2v) is 8.84. The highest BCUT2D eigenvalue weighted by atomic mass is 127. The molecule has 0 bridgehead atoms. The van der Waals surface area contributed by atoms with E-state index in [1.165, 1.54) is 14.3 Å². The van der Waals surface area contributed by atoms with Gasteiger partial charge in [-0.1, -0.05) is 24.3 Å². The maximum absolute atomic E-state index is 5.09. The predicted octanol–water partition coefficient (Wildman–Crippen LogP) is 6.91. The van der Waals surface area contributed by atoms with E-state index in [4.69, 9.17) is 4.98 Å². The van der Waals surface area contributed by atoms with Gasteiger partial charge in [0.1, 0.15) is 5.82 Å². The molecule has 0 aliphatic heterocycles. The molecule has 0 amide bonds. The summed E-state index contributed by atoms with van der Waals surface area (Å²) in [5, 5.41) is 2.45. The van der Waals surface area contributed by atoms with Crippen LogP contribution < -0.4 is 0 Å². The maximum atomic E-state index is 5.09. The van der Waals surface area contributed by atoms with Gasteiger partial charge in [-0.3, -0.25) is 14.5 Å². The van der Waals surface area contributed by atoms with Crippen molar-refractivity contribution < 1.29 is 0 Å². The Labute approximate surface area is 198 Å². The normalized spacial score (nSPS) is 11.3. The molecule has 0 aliphatic carbocycles. The van der Waals surface area contributed by atoms with Gasteiger partial charge in [0.15, 0.2) is 0 Å². The number of rotatable bonds is 3. The van der Waals surface area contributed by atoms with Crippen molar-refractivity contribution in [2.75, 3.05) is 0 Å².